The van der Waals surface area contributed by atoms with E-state index in [1.165, 1.54) is 6.07 Å². The van der Waals surface area contributed by atoms with Gasteiger partial charge in [0.2, 0.25) is 0 Å². The number of rotatable bonds is 3. The van der Waals surface area contributed by atoms with Gasteiger partial charge in [0.1, 0.15) is 5.82 Å². The average molecular weight is 279 g/mol. The second-order valence-corrected chi connectivity index (χ2v) is 5.51. The van der Waals surface area contributed by atoms with Gasteiger partial charge in [-0.05, 0) is 30.2 Å². The number of nitrogens with two attached hydrogens (primary N) is 1. The molecule has 3 rings (SSSR count). The number of hydrogen-bond donors (Lipinski definition) is 1. The van der Waals surface area contributed by atoms with Crippen LogP contribution in [0.15, 0.2) is 18.2 Å². The molecule has 2 aliphatic heterocycles. The summed E-state index contributed by atoms with van der Waals surface area (Å²) in [6, 6.07) is 5.52. The Morgan fingerprint density at radius 2 is 2.05 bits per heavy atom. The monoisotopic (exact) mass is 279 g/mol. The molecule has 110 valence electrons. The molecule has 0 spiro atoms. The number of hydrogen-bond acceptors (Lipinski definition) is 4. The van der Waals surface area contributed by atoms with E-state index in [1.54, 1.807) is 6.07 Å². The first kappa shape index (κ1) is 13.8. The average Bonchev–Trinajstić information content (AvgIpc) is 2.97. The normalized spacial score (nSPS) is 24.3. The summed E-state index contributed by atoms with van der Waals surface area (Å²) >= 11 is 0. The van der Waals surface area contributed by atoms with Gasteiger partial charge in [-0.25, -0.2) is 4.39 Å². The molecule has 2 saturated heterocycles. The fourth-order valence-corrected chi connectivity index (χ4v) is 3.23. The van der Waals surface area contributed by atoms with Gasteiger partial charge < -0.3 is 15.4 Å². The van der Waals surface area contributed by atoms with Crippen LogP contribution in [0.4, 0.5) is 10.1 Å². The van der Waals surface area contributed by atoms with Crippen LogP contribution in [0.25, 0.3) is 0 Å². The highest BCUT2D eigenvalue weighted by Crippen LogP contribution is 2.27. The Labute approximate surface area is 119 Å². The number of nitrogens with zero attached hydrogens (tertiary/aromatic N) is 2. The molecular weight excluding hydrogens is 257 g/mol. The molecule has 2 heterocycles. The van der Waals surface area contributed by atoms with E-state index >= 15 is 0 Å². The maximum atomic E-state index is 13.3. The topological polar surface area (TPSA) is 41.7 Å². The van der Waals surface area contributed by atoms with Crippen molar-refractivity contribution < 1.29 is 9.13 Å². The smallest absolute Gasteiger partial charge is 0.123 e. The van der Waals surface area contributed by atoms with Gasteiger partial charge in [-0.2, -0.15) is 0 Å². The van der Waals surface area contributed by atoms with Gasteiger partial charge in [-0.15, -0.1) is 0 Å². The maximum Gasteiger partial charge on any atom is 0.123 e. The van der Waals surface area contributed by atoms with E-state index in [9.17, 15) is 4.39 Å². The van der Waals surface area contributed by atoms with Crippen molar-refractivity contribution in [2.45, 2.75) is 19.0 Å². The largest absolute Gasteiger partial charge is 0.379 e. The van der Waals surface area contributed by atoms with Gasteiger partial charge in [0, 0.05) is 44.5 Å². The van der Waals surface area contributed by atoms with Gasteiger partial charge in [-0.3, -0.25) is 4.90 Å². The number of benzene rings is 1. The van der Waals surface area contributed by atoms with Crippen LogP contribution < -0.4 is 10.6 Å². The molecule has 20 heavy (non-hydrogen) atoms. The predicted octanol–water partition coefficient (Wildman–Crippen LogP) is 1.20. The molecular formula is C15H22FN3O. The van der Waals surface area contributed by atoms with E-state index in [2.05, 4.69) is 9.80 Å². The molecule has 1 aromatic rings. The van der Waals surface area contributed by atoms with Gasteiger partial charge in [0.05, 0.1) is 13.2 Å². The van der Waals surface area contributed by atoms with E-state index < -0.39 is 0 Å². The number of morpholine rings is 1. The van der Waals surface area contributed by atoms with E-state index in [-0.39, 0.29) is 5.82 Å². The van der Waals surface area contributed by atoms with E-state index in [1.807, 2.05) is 6.07 Å². The van der Waals surface area contributed by atoms with Crippen LogP contribution in [0.3, 0.4) is 0 Å². The first-order valence-electron chi connectivity index (χ1n) is 7.33. The van der Waals surface area contributed by atoms with Crippen molar-refractivity contribution >= 4 is 5.69 Å². The van der Waals surface area contributed by atoms with Crippen molar-refractivity contribution in [3.63, 3.8) is 0 Å². The highest BCUT2D eigenvalue weighted by atomic mass is 19.1. The summed E-state index contributed by atoms with van der Waals surface area (Å²) in [4.78, 5) is 4.84. The zero-order chi connectivity index (χ0) is 13.9. The molecule has 0 bridgehead atoms. The minimum Gasteiger partial charge on any atom is -0.379 e. The summed E-state index contributed by atoms with van der Waals surface area (Å²) < 4.78 is 18.7. The Morgan fingerprint density at radius 3 is 2.80 bits per heavy atom. The van der Waals surface area contributed by atoms with Crippen LogP contribution in [-0.2, 0) is 11.3 Å². The van der Waals surface area contributed by atoms with Crippen molar-refractivity contribution in [3.8, 4) is 0 Å². The lowest BCUT2D eigenvalue weighted by Gasteiger charge is -2.32. The third-order valence-electron chi connectivity index (χ3n) is 4.33. The number of anilines is 1. The Bertz CT molecular complexity index is 462. The lowest BCUT2D eigenvalue weighted by atomic mass is 10.1. The first-order valence-corrected chi connectivity index (χ1v) is 7.33. The van der Waals surface area contributed by atoms with Gasteiger partial charge in [0.25, 0.3) is 0 Å². The van der Waals surface area contributed by atoms with Crippen LogP contribution in [0.5, 0.6) is 0 Å². The van der Waals surface area contributed by atoms with Crippen molar-refractivity contribution in [2.75, 3.05) is 44.3 Å². The van der Waals surface area contributed by atoms with Gasteiger partial charge in [-0.1, -0.05) is 0 Å². The van der Waals surface area contributed by atoms with E-state index in [0.717, 1.165) is 57.1 Å². The molecule has 2 fully saturated rings. The third kappa shape index (κ3) is 2.80. The zero-order valence-electron chi connectivity index (χ0n) is 11.7. The highest BCUT2D eigenvalue weighted by Gasteiger charge is 2.29. The molecule has 1 atom stereocenters. The van der Waals surface area contributed by atoms with Crippen molar-refractivity contribution in [1.29, 1.82) is 0 Å². The molecule has 1 aromatic carbocycles. The summed E-state index contributed by atoms with van der Waals surface area (Å²) in [5.74, 6) is -0.210. The van der Waals surface area contributed by atoms with E-state index in [0.29, 0.717) is 12.6 Å². The second-order valence-electron chi connectivity index (χ2n) is 5.51. The minimum absolute atomic E-state index is 0.210. The molecule has 5 heteroatoms. The molecule has 0 aromatic heterocycles. The molecule has 2 aliphatic rings. The predicted molar refractivity (Wildman–Crippen MR) is 77.3 cm³/mol. The molecule has 2 N–H and O–H groups in total. The maximum absolute atomic E-state index is 13.3. The summed E-state index contributed by atoms with van der Waals surface area (Å²) in [6.07, 6.45) is 1.15. The van der Waals surface area contributed by atoms with Gasteiger partial charge in [0.15, 0.2) is 0 Å². The molecule has 4 nitrogen and oxygen atoms in total. The Balaban J connectivity index is 1.70. The zero-order valence-corrected chi connectivity index (χ0v) is 11.7. The summed E-state index contributed by atoms with van der Waals surface area (Å²) in [6.45, 7) is 6.10. The van der Waals surface area contributed by atoms with Crippen molar-refractivity contribution in [2.24, 2.45) is 5.73 Å². The lowest BCUT2D eigenvalue weighted by molar-refractivity contribution is 0.0209. The molecule has 0 amide bonds. The standard InChI is InChI=1S/C15H22FN3O/c16-13-1-2-15(12(9-13)10-17)19-4-3-14(11-19)18-5-7-20-8-6-18/h1-2,9,14H,3-8,10-11,17H2. The summed E-state index contributed by atoms with van der Waals surface area (Å²) in [7, 11) is 0. The molecule has 0 saturated carbocycles. The fraction of sp³-hybridized carbons (Fsp3) is 0.600. The van der Waals surface area contributed by atoms with Crippen molar-refractivity contribution in [1.82, 2.24) is 4.90 Å². The van der Waals surface area contributed by atoms with E-state index in [4.69, 9.17) is 10.5 Å². The fourth-order valence-electron chi connectivity index (χ4n) is 3.23. The second kappa shape index (κ2) is 6.08. The third-order valence-corrected chi connectivity index (χ3v) is 4.33. The molecule has 0 aliphatic carbocycles. The van der Waals surface area contributed by atoms with Gasteiger partial charge >= 0.3 is 0 Å². The Kier molecular flexibility index (Phi) is 4.19. The van der Waals surface area contributed by atoms with Crippen molar-refractivity contribution in [3.05, 3.63) is 29.6 Å². The van der Waals surface area contributed by atoms with Crippen LogP contribution >= 0.6 is 0 Å². The van der Waals surface area contributed by atoms with Crippen LogP contribution in [0, 0.1) is 5.82 Å². The quantitative estimate of drug-likeness (QED) is 0.902. The summed E-state index contributed by atoms with van der Waals surface area (Å²) in [5, 5.41) is 0. The first-order chi connectivity index (χ1) is 9.78. The molecule has 1 unspecified atom stereocenters. The lowest BCUT2D eigenvalue weighted by Crippen LogP contribution is -2.44. The molecule has 0 radical (unpaired) electrons. The number of halogens is 1. The van der Waals surface area contributed by atoms with Crippen LogP contribution in [0.1, 0.15) is 12.0 Å². The highest BCUT2D eigenvalue weighted by molar-refractivity contribution is 5.54. The number of ether oxygens (including phenoxy) is 1. The summed E-state index contributed by atoms with van der Waals surface area (Å²) in [5.41, 5.74) is 7.73. The van der Waals surface area contributed by atoms with Crippen LogP contribution in [-0.4, -0.2) is 50.3 Å². The Morgan fingerprint density at radius 1 is 1.25 bits per heavy atom. The van der Waals surface area contributed by atoms with Crippen LogP contribution in [0.2, 0.25) is 0 Å². The Hall–Kier alpha value is -1.17. The SMILES string of the molecule is NCc1cc(F)ccc1N1CCC(N2CCOCC2)C1. The minimum atomic E-state index is -0.210.